The van der Waals surface area contributed by atoms with Crippen LogP contribution < -0.4 is 5.32 Å². The highest BCUT2D eigenvalue weighted by Crippen LogP contribution is 2.28. The van der Waals surface area contributed by atoms with Crippen LogP contribution in [0.2, 0.25) is 5.02 Å². The van der Waals surface area contributed by atoms with Gasteiger partial charge in [0.2, 0.25) is 0 Å². The van der Waals surface area contributed by atoms with Crippen LogP contribution in [0.4, 0.5) is 5.69 Å². The average molecular weight is 366 g/mol. The molecule has 0 fully saturated rings. The Balaban J connectivity index is 2.39. The fourth-order valence-corrected chi connectivity index (χ4v) is 2.60. The second-order valence-corrected chi connectivity index (χ2v) is 5.84. The van der Waals surface area contributed by atoms with Crippen LogP contribution in [-0.2, 0) is 14.3 Å². The molecule has 0 aliphatic carbocycles. The molecule has 25 heavy (non-hydrogen) atoms. The highest BCUT2D eigenvalue weighted by molar-refractivity contribution is 6.30. The molecule has 1 N–H and O–H groups in total. The molecule has 6 nitrogen and oxygen atoms in total. The van der Waals surface area contributed by atoms with E-state index in [9.17, 15) is 9.59 Å². The van der Waals surface area contributed by atoms with E-state index in [2.05, 4.69) is 5.32 Å². The van der Waals surface area contributed by atoms with Crippen molar-refractivity contribution in [3.63, 3.8) is 0 Å². The Kier molecular flexibility index (Phi) is 6.09. The highest BCUT2D eigenvalue weighted by Gasteiger charge is 2.28. The third kappa shape index (κ3) is 4.33. The number of methoxy groups -OCH3 is 1. The fraction of sp³-hybridized carbons (Fsp3) is 0.333. The highest BCUT2D eigenvalue weighted by atomic mass is 35.5. The maximum absolute atomic E-state index is 12.4. The summed E-state index contributed by atoms with van der Waals surface area (Å²) < 4.78 is 15.5. The van der Waals surface area contributed by atoms with Crippen molar-refractivity contribution in [3.05, 3.63) is 51.9 Å². The van der Waals surface area contributed by atoms with Crippen molar-refractivity contribution >= 4 is 29.2 Å². The molecule has 134 valence electrons. The summed E-state index contributed by atoms with van der Waals surface area (Å²) in [5, 5.41) is 3.69. The largest absolute Gasteiger partial charge is 0.465 e. The lowest BCUT2D eigenvalue weighted by Crippen LogP contribution is -2.23. The van der Waals surface area contributed by atoms with Crippen LogP contribution in [0, 0.1) is 13.8 Å². The molecule has 0 saturated carbocycles. The molecule has 0 saturated heterocycles. The number of rotatable bonds is 6. The lowest BCUT2D eigenvalue weighted by Gasteiger charge is -2.18. The second-order valence-electron chi connectivity index (χ2n) is 5.40. The Labute approximate surface area is 151 Å². The van der Waals surface area contributed by atoms with Gasteiger partial charge in [-0.15, -0.1) is 0 Å². The summed E-state index contributed by atoms with van der Waals surface area (Å²) >= 11 is 5.97. The molecule has 1 heterocycles. The van der Waals surface area contributed by atoms with Gasteiger partial charge < -0.3 is 19.2 Å². The minimum Gasteiger partial charge on any atom is -0.465 e. The van der Waals surface area contributed by atoms with Gasteiger partial charge in [0.25, 0.3) is 0 Å². The van der Waals surface area contributed by atoms with Gasteiger partial charge >= 0.3 is 11.9 Å². The number of ether oxygens (including phenoxy) is 2. The van der Waals surface area contributed by atoms with Crippen LogP contribution >= 0.6 is 11.6 Å². The molecule has 2 rings (SSSR count). The molecule has 0 bridgehead atoms. The van der Waals surface area contributed by atoms with E-state index in [1.54, 1.807) is 32.0 Å². The molecule has 0 amide bonds. The summed E-state index contributed by atoms with van der Waals surface area (Å²) in [6.07, 6.45) is 0. The Morgan fingerprint density at radius 1 is 1.28 bits per heavy atom. The van der Waals surface area contributed by atoms with Crippen molar-refractivity contribution in [1.29, 1.82) is 0 Å². The summed E-state index contributed by atoms with van der Waals surface area (Å²) in [6.45, 7) is 5.44. The number of benzene rings is 1. The van der Waals surface area contributed by atoms with Gasteiger partial charge in [0.1, 0.15) is 17.1 Å². The first-order valence-corrected chi connectivity index (χ1v) is 8.13. The number of anilines is 1. The quantitative estimate of drug-likeness (QED) is 0.778. The molecular formula is C18H20ClNO5. The zero-order valence-electron chi connectivity index (χ0n) is 14.5. The van der Waals surface area contributed by atoms with Gasteiger partial charge in [-0.3, -0.25) is 0 Å². The van der Waals surface area contributed by atoms with Crippen molar-refractivity contribution in [1.82, 2.24) is 0 Å². The van der Waals surface area contributed by atoms with Gasteiger partial charge in [0.15, 0.2) is 6.04 Å². The number of furan rings is 1. The van der Waals surface area contributed by atoms with Gasteiger partial charge in [-0.25, -0.2) is 9.59 Å². The zero-order chi connectivity index (χ0) is 18.6. The Hall–Kier alpha value is -2.47. The molecule has 1 atom stereocenters. The molecule has 0 radical (unpaired) electrons. The number of hydrogen-bond donors (Lipinski definition) is 1. The standard InChI is InChI=1S/C18H20ClNO5/c1-5-24-18(22)16(20-14-7-6-12(19)8-10(14)2)15-9-13(11(3)25-15)17(21)23-4/h6-9,16,20H,5H2,1-4H3. The number of hydrogen-bond acceptors (Lipinski definition) is 6. The molecule has 0 aliphatic heterocycles. The summed E-state index contributed by atoms with van der Waals surface area (Å²) in [4.78, 5) is 24.2. The minimum atomic E-state index is -0.906. The van der Waals surface area contributed by atoms with Gasteiger partial charge in [-0.05, 0) is 50.6 Å². The van der Waals surface area contributed by atoms with Crippen LogP contribution in [0.5, 0.6) is 0 Å². The van der Waals surface area contributed by atoms with Crippen molar-refractivity contribution in [2.75, 3.05) is 19.0 Å². The number of halogens is 1. The number of nitrogens with one attached hydrogen (secondary N) is 1. The first-order valence-electron chi connectivity index (χ1n) is 7.75. The van der Waals surface area contributed by atoms with Crippen molar-refractivity contribution < 1.29 is 23.5 Å². The third-order valence-electron chi connectivity index (χ3n) is 3.64. The summed E-state index contributed by atoms with van der Waals surface area (Å²) in [5.74, 6) is -0.406. The Morgan fingerprint density at radius 3 is 2.60 bits per heavy atom. The van der Waals surface area contributed by atoms with E-state index in [4.69, 9.17) is 25.5 Å². The van der Waals surface area contributed by atoms with Gasteiger partial charge in [0.05, 0.1) is 13.7 Å². The molecule has 2 aromatic rings. The van der Waals surface area contributed by atoms with Gasteiger partial charge in [-0.2, -0.15) is 0 Å². The van der Waals surface area contributed by atoms with Crippen LogP contribution in [0.15, 0.2) is 28.7 Å². The molecule has 7 heteroatoms. The van der Waals surface area contributed by atoms with E-state index >= 15 is 0 Å². The van der Waals surface area contributed by atoms with Crippen LogP contribution in [0.3, 0.4) is 0 Å². The Morgan fingerprint density at radius 2 is 2.00 bits per heavy atom. The first kappa shape index (κ1) is 18.9. The average Bonchev–Trinajstić information content (AvgIpc) is 2.95. The molecule has 1 aromatic carbocycles. The molecule has 0 aliphatic rings. The van der Waals surface area contributed by atoms with E-state index in [-0.39, 0.29) is 17.9 Å². The lowest BCUT2D eigenvalue weighted by molar-refractivity contribution is -0.144. The number of aryl methyl sites for hydroxylation is 2. The van der Waals surface area contributed by atoms with Crippen LogP contribution in [0.25, 0.3) is 0 Å². The first-order chi connectivity index (χ1) is 11.9. The van der Waals surface area contributed by atoms with Crippen molar-refractivity contribution in [3.8, 4) is 0 Å². The topological polar surface area (TPSA) is 77.8 Å². The third-order valence-corrected chi connectivity index (χ3v) is 3.87. The van der Waals surface area contributed by atoms with E-state index in [1.165, 1.54) is 13.2 Å². The molecule has 1 aromatic heterocycles. The molecule has 0 spiro atoms. The fourth-order valence-electron chi connectivity index (χ4n) is 2.38. The van der Waals surface area contributed by atoms with E-state index in [0.29, 0.717) is 16.5 Å². The minimum absolute atomic E-state index is 0.222. The van der Waals surface area contributed by atoms with Crippen molar-refractivity contribution in [2.45, 2.75) is 26.8 Å². The predicted molar refractivity (Wildman–Crippen MR) is 94.0 cm³/mol. The van der Waals surface area contributed by atoms with E-state index in [0.717, 1.165) is 5.56 Å². The number of esters is 2. The predicted octanol–water partition coefficient (Wildman–Crippen LogP) is 4.05. The smallest absolute Gasteiger partial charge is 0.341 e. The van der Waals surface area contributed by atoms with Crippen LogP contribution in [-0.4, -0.2) is 25.7 Å². The van der Waals surface area contributed by atoms with Crippen molar-refractivity contribution in [2.24, 2.45) is 0 Å². The van der Waals surface area contributed by atoms with E-state index < -0.39 is 18.0 Å². The van der Waals surface area contributed by atoms with Gasteiger partial charge in [0, 0.05) is 10.7 Å². The summed E-state index contributed by atoms with van der Waals surface area (Å²) in [7, 11) is 1.28. The SMILES string of the molecule is CCOC(=O)C(Nc1ccc(Cl)cc1C)c1cc(C(=O)OC)c(C)o1. The summed E-state index contributed by atoms with van der Waals surface area (Å²) in [5.41, 5.74) is 1.83. The monoisotopic (exact) mass is 365 g/mol. The second kappa shape index (κ2) is 8.07. The number of carbonyl (C=O) groups excluding carboxylic acids is 2. The number of carbonyl (C=O) groups is 2. The normalized spacial score (nSPS) is 11.7. The summed E-state index contributed by atoms with van der Waals surface area (Å²) in [6, 6.07) is 5.84. The maximum Gasteiger partial charge on any atom is 0.341 e. The van der Waals surface area contributed by atoms with Gasteiger partial charge in [-0.1, -0.05) is 11.6 Å². The Bertz CT molecular complexity index is 784. The van der Waals surface area contributed by atoms with Crippen LogP contribution in [0.1, 0.15) is 40.4 Å². The molecule has 1 unspecified atom stereocenters. The maximum atomic E-state index is 12.4. The van der Waals surface area contributed by atoms with E-state index in [1.807, 2.05) is 6.92 Å². The zero-order valence-corrected chi connectivity index (χ0v) is 15.3. The molecular weight excluding hydrogens is 346 g/mol. The lowest BCUT2D eigenvalue weighted by atomic mass is 10.1.